The van der Waals surface area contributed by atoms with Crippen LogP contribution < -0.4 is 5.73 Å². The van der Waals surface area contributed by atoms with Gasteiger partial charge in [0.2, 0.25) is 5.95 Å². The maximum atomic E-state index is 5.98. The average molecular weight is 234 g/mol. The molecule has 2 heterocycles. The Bertz CT molecular complexity index is 545. The minimum atomic E-state index is -0.268. The lowest BCUT2D eigenvalue weighted by Gasteiger charge is -2.26. The average Bonchev–Trinajstić information content (AvgIpc) is 2.53. The second-order valence-electron chi connectivity index (χ2n) is 4.91. The molecule has 0 saturated carbocycles. The number of fused-ring (bicyclic) bond motifs is 1. The van der Waals surface area contributed by atoms with Gasteiger partial charge in [-0.15, -0.1) is 0 Å². The van der Waals surface area contributed by atoms with E-state index in [9.17, 15) is 0 Å². The predicted octanol–water partition coefficient (Wildman–Crippen LogP) is 1.70. The summed E-state index contributed by atoms with van der Waals surface area (Å²) in [6, 6.07) is 1.98. The SMILES string of the molecule is COCC(C)(C)n1c(N)nc2cc(C)cnc21. The summed E-state index contributed by atoms with van der Waals surface area (Å²) in [7, 11) is 1.68. The Morgan fingerprint density at radius 2 is 2.18 bits per heavy atom. The first-order chi connectivity index (χ1) is 7.95. The van der Waals surface area contributed by atoms with Crippen molar-refractivity contribution in [2.45, 2.75) is 26.3 Å². The van der Waals surface area contributed by atoms with Gasteiger partial charge in [0.15, 0.2) is 5.65 Å². The van der Waals surface area contributed by atoms with E-state index in [4.69, 9.17) is 10.5 Å². The topological polar surface area (TPSA) is 66.0 Å². The van der Waals surface area contributed by atoms with E-state index in [1.54, 1.807) is 7.11 Å². The molecule has 0 aliphatic rings. The van der Waals surface area contributed by atoms with Crippen molar-refractivity contribution < 1.29 is 4.74 Å². The van der Waals surface area contributed by atoms with Gasteiger partial charge in [-0.2, -0.15) is 0 Å². The highest BCUT2D eigenvalue weighted by molar-refractivity contribution is 5.75. The van der Waals surface area contributed by atoms with Crippen molar-refractivity contribution in [3.63, 3.8) is 0 Å². The number of hydrogen-bond donors (Lipinski definition) is 1. The summed E-state index contributed by atoms with van der Waals surface area (Å²) in [5.41, 5.74) is 8.41. The summed E-state index contributed by atoms with van der Waals surface area (Å²) in [5.74, 6) is 0.472. The van der Waals surface area contributed by atoms with Gasteiger partial charge in [0.1, 0.15) is 5.52 Å². The lowest BCUT2D eigenvalue weighted by atomic mass is 10.1. The normalized spacial score (nSPS) is 12.2. The molecule has 5 heteroatoms. The number of imidazole rings is 1. The lowest BCUT2D eigenvalue weighted by Crippen LogP contribution is -2.32. The Morgan fingerprint density at radius 1 is 1.47 bits per heavy atom. The maximum absolute atomic E-state index is 5.98. The number of ether oxygens (including phenoxy) is 1. The van der Waals surface area contributed by atoms with Crippen LogP contribution in [0.2, 0.25) is 0 Å². The third kappa shape index (κ3) is 1.98. The van der Waals surface area contributed by atoms with E-state index in [1.165, 1.54) is 0 Å². The molecule has 17 heavy (non-hydrogen) atoms. The van der Waals surface area contributed by atoms with Gasteiger partial charge in [-0.25, -0.2) is 9.97 Å². The molecule has 0 fully saturated rings. The smallest absolute Gasteiger partial charge is 0.203 e. The molecule has 0 aliphatic carbocycles. The van der Waals surface area contributed by atoms with Gasteiger partial charge in [-0.3, -0.25) is 4.57 Å². The van der Waals surface area contributed by atoms with Crippen LogP contribution in [0.25, 0.3) is 11.2 Å². The fourth-order valence-electron chi connectivity index (χ4n) is 2.10. The van der Waals surface area contributed by atoms with Gasteiger partial charge in [0.05, 0.1) is 12.1 Å². The van der Waals surface area contributed by atoms with Crippen LogP contribution in [0.5, 0.6) is 0 Å². The molecule has 0 aromatic carbocycles. The minimum Gasteiger partial charge on any atom is -0.382 e. The van der Waals surface area contributed by atoms with Crippen molar-refractivity contribution in [1.82, 2.24) is 14.5 Å². The molecule has 0 bridgehead atoms. The van der Waals surface area contributed by atoms with Gasteiger partial charge >= 0.3 is 0 Å². The number of rotatable bonds is 3. The van der Waals surface area contributed by atoms with E-state index in [2.05, 4.69) is 23.8 Å². The van der Waals surface area contributed by atoms with Gasteiger partial charge in [0.25, 0.3) is 0 Å². The van der Waals surface area contributed by atoms with Crippen molar-refractivity contribution in [2.24, 2.45) is 0 Å². The molecule has 0 saturated heterocycles. The van der Waals surface area contributed by atoms with E-state index < -0.39 is 0 Å². The fraction of sp³-hybridized carbons (Fsp3) is 0.500. The molecule has 0 aliphatic heterocycles. The molecule has 2 rings (SSSR count). The molecule has 2 aromatic heterocycles. The Kier molecular flexibility index (Phi) is 2.79. The van der Waals surface area contributed by atoms with Crippen molar-refractivity contribution in [3.05, 3.63) is 17.8 Å². The van der Waals surface area contributed by atoms with Crippen LogP contribution in [0.4, 0.5) is 5.95 Å². The molecule has 5 nitrogen and oxygen atoms in total. The van der Waals surface area contributed by atoms with Crippen molar-refractivity contribution in [1.29, 1.82) is 0 Å². The van der Waals surface area contributed by atoms with E-state index in [0.29, 0.717) is 12.6 Å². The summed E-state index contributed by atoms with van der Waals surface area (Å²) in [6.07, 6.45) is 1.82. The first-order valence-corrected chi connectivity index (χ1v) is 5.56. The van der Waals surface area contributed by atoms with Crippen LogP contribution in [-0.2, 0) is 10.3 Å². The van der Waals surface area contributed by atoms with E-state index in [1.807, 2.05) is 23.8 Å². The van der Waals surface area contributed by atoms with E-state index in [0.717, 1.165) is 16.7 Å². The molecule has 92 valence electrons. The van der Waals surface area contributed by atoms with Crippen LogP contribution >= 0.6 is 0 Å². The van der Waals surface area contributed by atoms with Crippen molar-refractivity contribution in [2.75, 3.05) is 19.5 Å². The molecular formula is C12H18N4O. The Balaban J connectivity index is 2.64. The number of aromatic nitrogens is 3. The zero-order chi connectivity index (χ0) is 12.6. The molecule has 0 atom stereocenters. The highest BCUT2D eigenvalue weighted by Crippen LogP contribution is 2.26. The number of anilines is 1. The molecule has 2 aromatic rings. The number of pyridine rings is 1. The first kappa shape index (κ1) is 11.9. The number of methoxy groups -OCH3 is 1. The van der Waals surface area contributed by atoms with Gasteiger partial charge in [-0.1, -0.05) is 0 Å². The first-order valence-electron chi connectivity index (χ1n) is 5.56. The highest BCUT2D eigenvalue weighted by Gasteiger charge is 2.25. The zero-order valence-electron chi connectivity index (χ0n) is 10.7. The minimum absolute atomic E-state index is 0.268. The molecule has 2 N–H and O–H groups in total. The molecule has 0 spiro atoms. The van der Waals surface area contributed by atoms with Gasteiger partial charge < -0.3 is 10.5 Å². The summed E-state index contributed by atoms with van der Waals surface area (Å²) in [5, 5.41) is 0. The quantitative estimate of drug-likeness (QED) is 0.877. The predicted molar refractivity (Wildman–Crippen MR) is 67.9 cm³/mol. The molecule has 0 radical (unpaired) electrons. The van der Waals surface area contributed by atoms with Crippen molar-refractivity contribution in [3.8, 4) is 0 Å². The standard InChI is InChI=1S/C12H18N4O/c1-8-5-9-10(14-6-8)16(11(13)15-9)12(2,3)7-17-4/h5-6H,7H2,1-4H3,(H2,13,15). The summed E-state index contributed by atoms with van der Waals surface area (Å²) in [6.45, 7) is 6.64. The van der Waals surface area contributed by atoms with Crippen LogP contribution in [0, 0.1) is 6.92 Å². The van der Waals surface area contributed by atoms with Crippen LogP contribution in [0.15, 0.2) is 12.3 Å². The zero-order valence-corrected chi connectivity index (χ0v) is 10.7. The van der Waals surface area contributed by atoms with Crippen LogP contribution in [0.3, 0.4) is 0 Å². The van der Waals surface area contributed by atoms with Crippen molar-refractivity contribution >= 4 is 17.1 Å². The number of nitrogen functional groups attached to an aromatic ring is 1. The summed E-state index contributed by atoms with van der Waals surface area (Å²) >= 11 is 0. The fourth-order valence-corrected chi connectivity index (χ4v) is 2.10. The Hall–Kier alpha value is -1.62. The second kappa shape index (κ2) is 4.00. The molecule has 0 amide bonds. The number of nitrogens with two attached hydrogens (primary N) is 1. The van der Waals surface area contributed by atoms with Gasteiger partial charge in [-0.05, 0) is 32.4 Å². The number of hydrogen-bond acceptors (Lipinski definition) is 4. The monoisotopic (exact) mass is 234 g/mol. The summed E-state index contributed by atoms with van der Waals surface area (Å²) < 4.78 is 7.15. The largest absolute Gasteiger partial charge is 0.382 e. The molecule has 0 unspecified atom stereocenters. The van der Waals surface area contributed by atoms with E-state index >= 15 is 0 Å². The third-order valence-corrected chi connectivity index (χ3v) is 2.76. The highest BCUT2D eigenvalue weighted by atomic mass is 16.5. The molecular weight excluding hydrogens is 216 g/mol. The third-order valence-electron chi connectivity index (χ3n) is 2.76. The second-order valence-corrected chi connectivity index (χ2v) is 4.91. The van der Waals surface area contributed by atoms with Crippen LogP contribution in [-0.4, -0.2) is 28.3 Å². The van der Waals surface area contributed by atoms with Gasteiger partial charge in [0, 0.05) is 13.3 Å². The lowest BCUT2D eigenvalue weighted by molar-refractivity contribution is 0.113. The number of nitrogens with zero attached hydrogens (tertiary/aromatic N) is 3. The Morgan fingerprint density at radius 3 is 2.82 bits per heavy atom. The Labute approximate surface area is 101 Å². The van der Waals surface area contributed by atoms with E-state index in [-0.39, 0.29) is 5.54 Å². The summed E-state index contributed by atoms with van der Waals surface area (Å²) in [4.78, 5) is 8.76. The van der Waals surface area contributed by atoms with Crippen LogP contribution in [0.1, 0.15) is 19.4 Å². The maximum Gasteiger partial charge on any atom is 0.203 e. The number of aryl methyl sites for hydroxylation is 1.